The summed E-state index contributed by atoms with van der Waals surface area (Å²) in [4.78, 5) is 4.88. The number of para-hydroxylation sites is 2. The van der Waals surface area contributed by atoms with Gasteiger partial charge in [0.25, 0.3) is 0 Å². The van der Waals surface area contributed by atoms with E-state index >= 15 is 0 Å². The first-order chi connectivity index (χ1) is 29.8. The molecule has 0 aromatic heterocycles. The standard InChI is InChI=1S/C58H42N2/c1-3-21-45(22-4-1)59(55-31-15-19-41-17-7-9-25-49(41)55)47-37-33-43(34-38-47)57-51-27-11-13-29-53(51)58(54-30-14-12-28-52(54)57)44-35-39-48(40-36-44)60(46-23-5-2-6-24-46)56-32-16-20-42-18-8-10-26-50(42)56/h1-31,33-40,56H,32H2. The minimum Gasteiger partial charge on any atom is -0.334 e. The van der Waals surface area contributed by atoms with Crippen LogP contribution in [0.5, 0.6) is 0 Å². The second kappa shape index (κ2) is 15.2. The van der Waals surface area contributed by atoms with Crippen LogP contribution in [0.1, 0.15) is 23.6 Å². The van der Waals surface area contributed by atoms with Gasteiger partial charge in [-0.1, -0.05) is 182 Å². The van der Waals surface area contributed by atoms with Crippen molar-refractivity contribution in [3.8, 4) is 22.3 Å². The smallest absolute Gasteiger partial charge is 0.0631 e. The number of hydrogen-bond donors (Lipinski definition) is 0. The Morgan fingerprint density at radius 1 is 0.350 bits per heavy atom. The van der Waals surface area contributed by atoms with Crippen molar-refractivity contribution in [3.05, 3.63) is 242 Å². The molecule has 1 aliphatic rings. The lowest BCUT2D eigenvalue weighted by molar-refractivity contribution is 0.702. The fourth-order valence-corrected chi connectivity index (χ4v) is 9.48. The lowest BCUT2D eigenvalue weighted by Gasteiger charge is -2.36. The highest BCUT2D eigenvalue weighted by Crippen LogP contribution is 2.47. The molecular weight excluding hydrogens is 725 g/mol. The molecule has 1 aliphatic carbocycles. The Morgan fingerprint density at radius 2 is 0.800 bits per heavy atom. The van der Waals surface area contributed by atoms with Gasteiger partial charge in [0.15, 0.2) is 0 Å². The summed E-state index contributed by atoms with van der Waals surface area (Å²) in [6, 6.07) is 82.0. The van der Waals surface area contributed by atoms with E-state index in [2.05, 4.69) is 246 Å². The summed E-state index contributed by atoms with van der Waals surface area (Å²) in [5, 5.41) is 7.42. The molecule has 0 fully saturated rings. The number of anilines is 5. The van der Waals surface area contributed by atoms with Crippen LogP contribution in [0, 0.1) is 0 Å². The monoisotopic (exact) mass is 766 g/mol. The van der Waals surface area contributed by atoms with Gasteiger partial charge < -0.3 is 9.80 Å². The summed E-state index contributed by atoms with van der Waals surface area (Å²) in [5.74, 6) is 0. The van der Waals surface area contributed by atoms with Crippen LogP contribution >= 0.6 is 0 Å². The third-order valence-corrected chi connectivity index (χ3v) is 12.2. The zero-order valence-corrected chi connectivity index (χ0v) is 33.2. The zero-order valence-electron chi connectivity index (χ0n) is 33.2. The van der Waals surface area contributed by atoms with E-state index in [0.29, 0.717) is 0 Å². The molecule has 11 rings (SSSR count). The van der Waals surface area contributed by atoms with Crippen LogP contribution < -0.4 is 9.80 Å². The number of hydrogen-bond acceptors (Lipinski definition) is 2. The summed E-state index contributed by atoms with van der Waals surface area (Å²) >= 11 is 0. The Balaban J connectivity index is 1.02. The Morgan fingerprint density at radius 3 is 1.42 bits per heavy atom. The van der Waals surface area contributed by atoms with E-state index < -0.39 is 0 Å². The quantitative estimate of drug-likeness (QED) is 0.142. The third kappa shape index (κ3) is 6.22. The van der Waals surface area contributed by atoms with Gasteiger partial charge in [-0.05, 0) is 121 Å². The van der Waals surface area contributed by atoms with Gasteiger partial charge in [0.2, 0.25) is 0 Å². The van der Waals surface area contributed by atoms with Gasteiger partial charge >= 0.3 is 0 Å². The predicted molar refractivity (Wildman–Crippen MR) is 256 cm³/mol. The zero-order chi connectivity index (χ0) is 39.8. The van der Waals surface area contributed by atoms with Crippen LogP contribution in [-0.2, 0) is 0 Å². The van der Waals surface area contributed by atoms with Crippen LogP contribution in [0.3, 0.4) is 0 Å². The molecule has 0 N–H and O–H groups in total. The predicted octanol–water partition coefficient (Wildman–Crippen LogP) is 16.2. The molecular formula is C58H42N2. The summed E-state index contributed by atoms with van der Waals surface area (Å²) in [7, 11) is 0. The Labute approximate surface area is 351 Å². The molecule has 0 amide bonds. The molecule has 10 aromatic carbocycles. The fourth-order valence-electron chi connectivity index (χ4n) is 9.48. The second-order valence-corrected chi connectivity index (χ2v) is 15.6. The molecule has 2 nitrogen and oxygen atoms in total. The van der Waals surface area contributed by atoms with E-state index in [1.54, 1.807) is 0 Å². The largest absolute Gasteiger partial charge is 0.334 e. The first-order valence-corrected chi connectivity index (χ1v) is 20.9. The first-order valence-electron chi connectivity index (χ1n) is 20.9. The van der Waals surface area contributed by atoms with Crippen LogP contribution in [0.4, 0.5) is 28.4 Å². The Kier molecular flexibility index (Phi) is 9.02. The maximum Gasteiger partial charge on any atom is 0.0631 e. The van der Waals surface area contributed by atoms with Crippen LogP contribution in [0.2, 0.25) is 0 Å². The summed E-state index contributed by atoms with van der Waals surface area (Å²) in [6.45, 7) is 0. The van der Waals surface area contributed by atoms with Gasteiger partial charge in [0, 0.05) is 28.1 Å². The van der Waals surface area contributed by atoms with Gasteiger partial charge in [-0.2, -0.15) is 0 Å². The molecule has 0 saturated heterocycles. The topological polar surface area (TPSA) is 6.48 Å². The molecule has 284 valence electrons. The molecule has 0 radical (unpaired) electrons. The SMILES string of the molecule is C1=Cc2ccccc2C(N(c2ccccc2)c2ccc(-c3c4ccccc4c(-c4ccc(N(c5ccccc5)c5cccc6ccccc56)cc4)c4ccccc34)cc2)C1. The summed E-state index contributed by atoms with van der Waals surface area (Å²) < 4.78 is 0. The van der Waals surface area contributed by atoms with Crippen molar-refractivity contribution in [3.63, 3.8) is 0 Å². The first kappa shape index (κ1) is 35.5. The van der Waals surface area contributed by atoms with Crippen molar-refractivity contribution in [2.75, 3.05) is 9.80 Å². The molecule has 0 bridgehead atoms. The van der Waals surface area contributed by atoms with Crippen molar-refractivity contribution in [1.29, 1.82) is 0 Å². The average molecular weight is 767 g/mol. The highest BCUT2D eigenvalue weighted by atomic mass is 15.2. The van der Waals surface area contributed by atoms with Gasteiger partial charge in [0.05, 0.1) is 11.7 Å². The van der Waals surface area contributed by atoms with Crippen molar-refractivity contribution >= 4 is 66.8 Å². The van der Waals surface area contributed by atoms with Gasteiger partial charge in [0.1, 0.15) is 0 Å². The Bertz CT molecular complexity index is 3110. The van der Waals surface area contributed by atoms with E-state index in [1.165, 1.54) is 77.1 Å². The highest BCUT2D eigenvalue weighted by molar-refractivity contribution is 6.21. The molecule has 10 aromatic rings. The van der Waals surface area contributed by atoms with Crippen LogP contribution in [-0.4, -0.2) is 0 Å². The molecule has 0 spiro atoms. The van der Waals surface area contributed by atoms with E-state index in [0.717, 1.165) is 23.5 Å². The third-order valence-electron chi connectivity index (χ3n) is 12.2. The molecule has 0 heterocycles. The van der Waals surface area contributed by atoms with E-state index in [4.69, 9.17) is 0 Å². The molecule has 60 heavy (non-hydrogen) atoms. The van der Waals surface area contributed by atoms with Crippen LogP contribution in [0.25, 0.3) is 60.6 Å². The number of nitrogens with zero attached hydrogens (tertiary/aromatic N) is 2. The lowest BCUT2D eigenvalue weighted by atomic mass is 9.86. The highest BCUT2D eigenvalue weighted by Gasteiger charge is 2.26. The maximum absolute atomic E-state index is 2.51. The molecule has 0 aliphatic heterocycles. The van der Waals surface area contributed by atoms with E-state index in [1.807, 2.05) is 0 Å². The molecule has 0 saturated carbocycles. The van der Waals surface area contributed by atoms with Crippen molar-refractivity contribution < 1.29 is 0 Å². The lowest BCUT2D eigenvalue weighted by Crippen LogP contribution is -2.25. The molecule has 1 unspecified atom stereocenters. The number of fused-ring (bicyclic) bond motifs is 4. The van der Waals surface area contributed by atoms with Gasteiger partial charge in [-0.25, -0.2) is 0 Å². The van der Waals surface area contributed by atoms with Crippen LogP contribution in [0.15, 0.2) is 231 Å². The van der Waals surface area contributed by atoms with E-state index in [-0.39, 0.29) is 6.04 Å². The number of benzene rings is 10. The van der Waals surface area contributed by atoms with Gasteiger partial charge in [-0.15, -0.1) is 0 Å². The average Bonchev–Trinajstić information content (AvgIpc) is 3.32. The minimum atomic E-state index is 0.193. The fraction of sp³-hybridized carbons (Fsp3) is 0.0345. The van der Waals surface area contributed by atoms with Crippen molar-refractivity contribution in [2.45, 2.75) is 12.5 Å². The normalized spacial score (nSPS) is 13.4. The second-order valence-electron chi connectivity index (χ2n) is 15.6. The van der Waals surface area contributed by atoms with Crippen molar-refractivity contribution in [2.24, 2.45) is 0 Å². The molecule has 2 heteroatoms. The number of rotatable bonds is 8. The minimum absolute atomic E-state index is 0.193. The Hall–Kier alpha value is -7.68. The van der Waals surface area contributed by atoms with Crippen molar-refractivity contribution in [1.82, 2.24) is 0 Å². The van der Waals surface area contributed by atoms with Gasteiger partial charge in [-0.3, -0.25) is 0 Å². The van der Waals surface area contributed by atoms with E-state index in [9.17, 15) is 0 Å². The summed E-state index contributed by atoms with van der Waals surface area (Å²) in [5.41, 5.74) is 13.3. The maximum atomic E-state index is 2.51. The molecule has 1 atom stereocenters. The summed E-state index contributed by atoms with van der Waals surface area (Å²) in [6.07, 6.45) is 5.52.